The first-order valence-electron chi connectivity index (χ1n) is 15.7. The average Bonchev–Trinajstić information content (AvgIpc) is 3.58. The summed E-state index contributed by atoms with van der Waals surface area (Å²) in [5.41, 5.74) is 5.11. The lowest BCUT2D eigenvalue weighted by molar-refractivity contribution is 0.0637. The van der Waals surface area contributed by atoms with Crippen LogP contribution in [0.15, 0.2) is 42.5 Å². The molecule has 1 unspecified atom stereocenters. The van der Waals surface area contributed by atoms with E-state index in [1.165, 1.54) is 43.1 Å². The monoisotopic (exact) mass is 587 g/mol. The summed E-state index contributed by atoms with van der Waals surface area (Å²) < 4.78 is 17.4. The number of hydrogen-bond acceptors (Lipinski definition) is 4. The van der Waals surface area contributed by atoms with Crippen LogP contribution in [0.4, 0.5) is 10.1 Å². The number of nitriles is 1. The van der Waals surface area contributed by atoms with Crippen molar-refractivity contribution in [2.75, 3.05) is 37.6 Å². The van der Waals surface area contributed by atoms with Crippen molar-refractivity contribution in [2.24, 2.45) is 17.8 Å². The lowest BCUT2D eigenvalue weighted by atomic mass is 9.59. The number of nitrogens with zero attached hydrogens (tertiary/aromatic N) is 5. The largest absolute Gasteiger partial charge is 0.371 e. The van der Waals surface area contributed by atoms with Gasteiger partial charge in [0, 0.05) is 53.9 Å². The average molecular weight is 588 g/mol. The number of rotatable bonds is 8. The Morgan fingerprint density at radius 2 is 1.64 bits per heavy atom. The van der Waals surface area contributed by atoms with Crippen molar-refractivity contribution in [3.63, 3.8) is 0 Å². The number of hydrogen-bond donors (Lipinski definition) is 0. The van der Waals surface area contributed by atoms with Crippen LogP contribution in [0.1, 0.15) is 66.9 Å². The second kappa shape index (κ2) is 12.0. The van der Waals surface area contributed by atoms with Crippen LogP contribution in [-0.4, -0.2) is 47.2 Å². The quantitative estimate of drug-likeness (QED) is 0.275. The molecule has 5 nitrogen and oxygen atoms in total. The molecule has 0 N–H and O–H groups in total. The number of likely N-dealkylation sites (tertiary alicyclic amines) is 1. The second-order valence-corrected chi connectivity index (χ2v) is 13.5. The molecule has 6 rings (SSSR count). The van der Waals surface area contributed by atoms with Crippen LogP contribution in [0.5, 0.6) is 0 Å². The van der Waals surface area contributed by atoms with Crippen LogP contribution in [0.25, 0.3) is 0 Å². The van der Waals surface area contributed by atoms with Gasteiger partial charge < -0.3 is 14.4 Å². The molecule has 1 saturated carbocycles. The van der Waals surface area contributed by atoms with Crippen LogP contribution >= 0.6 is 11.6 Å². The van der Waals surface area contributed by atoms with E-state index in [9.17, 15) is 0 Å². The van der Waals surface area contributed by atoms with Crippen molar-refractivity contribution in [3.05, 3.63) is 81.6 Å². The minimum atomic E-state index is -0.232. The Labute approximate surface area is 255 Å². The fourth-order valence-electron chi connectivity index (χ4n) is 8.37. The predicted octanol–water partition coefficient (Wildman–Crippen LogP) is 7.45. The summed E-state index contributed by atoms with van der Waals surface area (Å²) in [7, 11) is 0. The summed E-state index contributed by atoms with van der Waals surface area (Å²) in [5, 5.41) is 9.58. The predicted molar refractivity (Wildman–Crippen MR) is 168 cm³/mol. The molecule has 3 aliphatic rings. The fraction of sp³-hybridized carbons (Fsp3) is 0.543. The van der Waals surface area contributed by atoms with Gasteiger partial charge in [0.05, 0.1) is 17.3 Å². The van der Waals surface area contributed by atoms with Crippen LogP contribution in [-0.2, 0) is 12.0 Å². The molecular weight excluding hydrogens is 545 g/mol. The third-order valence-corrected chi connectivity index (χ3v) is 10.9. The summed E-state index contributed by atoms with van der Waals surface area (Å²) >= 11 is 6.56. The van der Waals surface area contributed by atoms with E-state index in [4.69, 9.17) is 21.8 Å². The molecule has 3 aromatic rings. The minimum Gasteiger partial charge on any atom is -0.371 e. The summed E-state index contributed by atoms with van der Waals surface area (Å²) in [5.74, 6) is 2.43. The third-order valence-electron chi connectivity index (χ3n) is 10.7. The van der Waals surface area contributed by atoms with Crippen LogP contribution in [0.2, 0.25) is 5.02 Å². The fourth-order valence-corrected chi connectivity index (χ4v) is 8.59. The third kappa shape index (κ3) is 5.58. The first-order valence-corrected chi connectivity index (χ1v) is 16.1. The van der Waals surface area contributed by atoms with E-state index >= 15 is 4.39 Å². The van der Waals surface area contributed by atoms with Crippen molar-refractivity contribution in [1.82, 2.24) is 14.5 Å². The van der Waals surface area contributed by atoms with E-state index in [0.29, 0.717) is 28.3 Å². The molecule has 0 spiro atoms. The zero-order chi connectivity index (χ0) is 29.4. The number of imidazole rings is 1. The van der Waals surface area contributed by atoms with Crippen molar-refractivity contribution in [1.29, 1.82) is 5.26 Å². The van der Waals surface area contributed by atoms with Crippen LogP contribution in [0, 0.1) is 55.7 Å². The van der Waals surface area contributed by atoms with Gasteiger partial charge in [-0.05, 0) is 119 Å². The summed E-state index contributed by atoms with van der Waals surface area (Å²) in [6.07, 6.45) is 7.09. The molecule has 2 aliphatic heterocycles. The highest BCUT2D eigenvalue weighted by Crippen LogP contribution is 2.52. The van der Waals surface area contributed by atoms with Gasteiger partial charge in [-0.3, -0.25) is 0 Å². The first-order chi connectivity index (χ1) is 20.3. The number of aromatic nitrogens is 2. The van der Waals surface area contributed by atoms with E-state index in [1.807, 2.05) is 12.1 Å². The zero-order valence-corrected chi connectivity index (χ0v) is 26.0. The summed E-state index contributed by atoms with van der Waals surface area (Å²) in [4.78, 5) is 9.90. The van der Waals surface area contributed by atoms with E-state index in [0.717, 1.165) is 69.2 Å². The summed E-state index contributed by atoms with van der Waals surface area (Å²) in [6, 6.07) is 15.4. The molecule has 222 valence electrons. The van der Waals surface area contributed by atoms with Crippen molar-refractivity contribution < 1.29 is 4.39 Å². The Bertz CT molecular complexity index is 1420. The maximum absolute atomic E-state index is 15.0. The van der Waals surface area contributed by atoms with Crippen LogP contribution in [0.3, 0.4) is 0 Å². The van der Waals surface area contributed by atoms with Gasteiger partial charge >= 0.3 is 0 Å². The van der Waals surface area contributed by atoms with Gasteiger partial charge in [-0.15, -0.1) is 0 Å². The van der Waals surface area contributed by atoms with Crippen molar-refractivity contribution in [2.45, 2.75) is 71.3 Å². The number of halogens is 2. The molecule has 1 aromatic heterocycles. The molecule has 0 radical (unpaired) electrons. The summed E-state index contributed by atoms with van der Waals surface area (Å²) in [6.45, 7) is 12.6. The highest BCUT2D eigenvalue weighted by atomic mass is 35.5. The Morgan fingerprint density at radius 1 is 0.976 bits per heavy atom. The lowest BCUT2D eigenvalue weighted by Gasteiger charge is -2.50. The molecule has 7 heteroatoms. The van der Waals surface area contributed by atoms with Crippen molar-refractivity contribution in [3.8, 4) is 6.07 Å². The van der Waals surface area contributed by atoms with Gasteiger partial charge in [0.25, 0.3) is 0 Å². The zero-order valence-electron chi connectivity index (χ0n) is 25.3. The highest BCUT2D eigenvalue weighted by Gasteiger charge is 2.49. The number of anilines is 1. The van der Waals surface area contributed by atoms with Gasteiger partial charge in [0.1, 0.15) is 11.6 Å². The number of aryl methyl sites for hydroxylation is 2. The van der Waals surface area contributed by atoms with E-state index in [2.05, 4.69) is 59.4 Å². The first kappa shape index (κ1) is 29.2. The Hall–Kier alpha value is -2.88. The van der Waals surface area contributed by atoms with Gasteiger partial charge in [0.2, 0.25) is 0 Å². The van der Waals surface area contributed by atoms with E-state index < -0.39 is 0 Å². The molecule has 0 bridgehead atoms. The normalized spacial score (nSPS) is 20.4. The number of benzene rings is 2. The van der Waals surface area contributed by atoms with E-state index in [1.54, 1.807) is 6.07 Å². The van der Waals surface area contributed by atoms with Gasteiger partial charge in [0.15, 0.2) is 0 Å². The maximum atomic E-state index is 15.0. The second-order valence-electron chi connectivity index (χ2n) is 13.1. The van der Waals surface area contributed by atoms with Crippen LogP contribution < -0.4 is 4.90 Å². The van der Waals surface area contributed by atoms with Crippen molar-refractivity contribution >= 4 is 17.3 Å². The molecule has 0 amide bonds. The Kier molecular flexibility index (Phi) is 8.35. The standard InChI is InChI=1S/C35H43ClFN5/c1-24-25(2)42(26(3)39-24)23-35(29-6-4-5-7-29,31-16-32(36)18-33(37)17-31)30-12-14-40(15-13-30)20-28-21-41(22-28)34-10-8-27(19-38)9-11-34/h8-11,16-18,28-30H,4-7,12-15,20-23H2,1-3H3. The smallest absolute Gasteiger partial charge is 0.124 e. The Morgan fingerprint density at radius 3 is 2.24 bits per heavy atom. The van der Waals surface area contributed by atoms with Gasteiger partial charge in [-0.25, -0.2) is 9.37 Å². The number of piperidine rings is 1. The van der Waals surface area contributed by atoms with E-state index in [-0.39, 0.29) is 11.2 Å². The molecular formula is C35H43ClFN5. The topological polar surface area (TPSA) is 48.1 Å². The maximum Gasteiger partial charge on any atom is 0.124 e. The lowest BCUT2D eigenvalue weighted by Crippen LogP contribution is -2.54. The van der Waals surface area contributed by atoms with Gasteiger partial charge in [-0.2, -0.15) is 5.26 Å². The molecule has 3 fully saturated rings. The molecule has 3 heterocycles. The molecule has 2 saturated heterocycles. The Balaban J connectivity index is 1.21. The van der Waals surface area contributed by atoms with Gasteiger partial charge in [-0.1, -0.05) is 24.4 Å². The molecule has 1 aliphatic carbocycles. The molecule has 1 atom stereocenters. The molecule has 2 aromatic carbocycles. The molecule has 42 heavy (non-hydrogen) atoms. The highest BCUT2D eigenvalue weighted by molar-refractivity contribution is 6.30. The minimum absolute atomic E-state index is 0.181. The SMILES string of the molecule is Cc1nc(C)n(CC(c2cc(F)cc(Cl)c2)(C2CCCC2)C2CCN(CC3CN(c4ccc(C#N)cc4)C3)CC2)c1C.